The number of carbonyl (C=O) groups excluding carboxylic acids is 1. The summed E-state index contributed by atoms with van der Waals surface area (Å²) in [5, 5.41) is -0.0423. The molecule has 0 aliphatic heterocycles. The van der Waals surface area contributed by atoms with Crippen molar-refractivity contribution in [2.75, 3.05) is 27.8 Å². The first-order valence-electron chi connectivity index (χ1n) is 11.3. The minimum atomic E-state index is -2.26. The van der Waals surface area contributed by atoms with Gasteiger partial charge >= 0.3 is 5.97 Å². The van der Waals surface area contributed by atoms with Gasteiger partial charge in [-0.3, -0.25) is 0 Å². The molecular formula is C24H46O7Si. The van der Waals surface area contributed by atoms with Crippen molar-refractivity contribution in [3.05, 3.63) is 25.3 Å². The summed E-state index contributed by atoms with van der Waals surface area (Å²) in [6, 6.07) is 0. The Kier molecular flexibility index (Phi) is 15.2. The molecule has 7 nitrogen and oxygen atoms in total. The van der Waals surface area contributed by atoms with Crippen LogP contribution in [0.2, 0.25) is 18.1 Å². The lowest BCUT2D eigenvalue weighted by molar-refractivity contribution is -0.198. The fourth-order valence-corrected chi connectivity index (χ4v) is 4.27. The second-order valence-electron chi connectivity index (χ2n) is 9.34. The SMILES string of the molecule is C=CC[C@@H](OC(=O)C=C)[C@@H](OCOC)[C@H](O[Si](C)(C)C(C)(C)C)[C@H](CCCC)OCOC. The lowest BCUT2D eigenvalue weighted by Crippen LogP contribution is -2.56. The smallest absolute Gasteiger partial charge is 0.330 e. The van der Waals surface area contributed by atoms with Crippen LogP contribution < -0.4 is 0 Å². The number of methoxy groups -OCH3 is 2. The van der Waals surface area contributed by atoms with Crippen molar-refractivity contribution in [3.63, 3.8) is 0 Å². The van der Waals surface area contributed by atoms with E-state index in [1.807, 2.05) is 0 Å². The number of ether oxygens (including phenoxy) is 5. The van der Waals surface area contributed by atoms with Gasteiger partial charge in [0.2, 0.25) is 0 Å². The number of hydrogen-bond acceptors (Lipinski definition) is 7. The van der Waals surface area contributed by atoms with E-state index in [9.17, 15) is 4.79 Å². The first kappa shape index (κ1) is 31.0. The molecule has 0 aromatic heterocycles. The largest absolute Gasteiger partial charge is 0.456 e. The lowest BCUT2D eigenvalue weighted by Gasteiger charge is -2.44. The van der Waals surface area contributed by atoms with Gasteiger partial charge in [0.25, 0.3) is 0 Å². The summed E-state index contributed by atoms with van der Waals surface area (Å²) in [6.07, 6.45) is 3.83. The highest BCUT2D eigenvalue weighted by Crippen LogP contribution is 2.39. The van der Waals surface area contributed by atoms with Crippen molar-refractivity contribution in [1.82, 2.24) is 0 Å². The Balaban J connectivity index is 6.38. The standard InChI is InChI=1S/C24H46O7Si/c1-11-14-16-19(28-17-26-7)23(31-32(9,10)24(4,5)6)22(29-18-27-8)20(15-12-2)30-21(25)13-3/h12-13,19-20,22-23H,2-3,11,14-18H2,1,4-10H3/t19-,20+,22+,23+/m0/s1. The van der Waals surface area contributed by atoms with Crippen molar-refractivity contribution in [2.24, 2.45) is 0 Å². The molecule has 0 fully saturated rings. The Labute approximate surface area is 196 Å². The fourth-order valence-electron chi connectivity index (χ4n) is 2.95. The Morgan fingerprint density at radius 3 is 2.06 bits per heavy atom. The van der Waals surface area contributed by atoms with Crippen LogP contribution >= 0.6 is 0 Å². The molecule has 0 aromatic rings. The highest BCUT2D eigenvalue weighted by atomic mass is 28.4. The van der Waals surface area contributed by atoms with Crippen molar-refractivity contribution in [2.45, 2.75) is 95.9 Å². The number of rotatable bonds is 18. The molecule has 0 saturated carbocycles. The van der Waals surface area contributed by atoms with E-state index >= 15 is 0 Å². The van der Waals surface area contributed by atoms with Crippen molar-refractivity contribution in [1.29, 1.82) is 0 Å². The molecule has 0 spiro atoms. The molecule has 0 aliphatic carbocycles. The molecule has 0 aromatic carbocycles. The van der Waals surface area contributed by atoms with Crippen LogP contribution in [0.25, 0.3) is 0 Å². The normalized spacial score (nSPS) is 16.1. The summed E-state index contributed by atoms with van der Waals surface area (Å²) in [4.78, 5) is 12.1. The predicted molar refractivity (Wildman–Crippen MR) is 130 cm³/mol. The van der Waals surface area contributed by atoms with Crippen LogP contribution in [0.1, 0.15) is 53.4 Å². The summed E-state index contributed by atoms with van der Waals surface area (Å²) in [7, 11) is 0.883. The maximum absolute atomic E-state index is 12.1. The van der Waals surface area contributed by atoms with Crippen LogP contribution in [0.3, 0.4) is 0 Å². The third-order valence-electron chi connectivity index (χ3n) is 5.75. The maximum atomic E-state index is 12.1. The van der Waals surface area contributed by atoms with E-state index in [-0.39, 0.29) is 24.7 Å². The van der Waals surface area contributed by atoms with Gasteiger partial charge in [0, 0.05) is 26.7 Å². The van der Waals surface area contributed by atoms with Gasteiger partial charge in [-0.1, -0.05) is 53.2 Å². The van der Waals surface area contributed by atoms with Crippen LogP contribution in [-0.4, -0.2) is 66.5 Å². The van der Waals surface area contributed by atoms with E-state index in [1.54, 1.807) is 20.3 Å². The van der Waals surface area contributed by atoms with E-state index in [1.165, 1.54) is 0 Å². The number of carbonyl (C=O) groups is 1. The Bertz CT molecular complexity index is 537. The van der Waals surface area contributed by atoms with Crippen LogP contribution in [0.5, 0.6) is 0 Å². The Morgan fingerprint density at radius 1 is 1.00 bits per heavy atom. The third-order valence-corrected chi connectivity index (χ3v) is 10.2. The van der Waals surface area contributed by atoms with E-state index in [4.69, 9.17) is 28.1 Å². The van der Waals surface area contributed by atoms with Gasteiger partial charge in [-0.05, 0) is 24.6 Å². The molecule has 4 atom stereocenters. The summed E-state index contributed by atoms with van der Waals surface area (Å²) in [5.74, 6) is -0.531. The lowest BCUT2D eigenvalue weighted by atomic mass is 9.97. The third kappa shape index (κ3) is 10.7. The molecule has 188 valence electrons. The van der Waals surface area contributed by atoms with Gasteiger partial charge in [0.15, 0.2) is 8.32 Å². The summed E-state index contributed by atoms with van der Waals surface area (Å²) >= 11 is 0. The minimum Gasteiger partial charge on any atom is -0.456 e. The zero-order valence-corrected chi connectivity index (χ0v) is 22.5. The minimum absolute atomic E-state index is 0.0199. The van der Waals surface area contributed by atoms with Gasteiger partial charge < -0.3 is 28.1 Å². The molecule has 0 bridgehead atoms. The molecule has 0 radical (unpaired) electrons. The molecule has 0 unspecified atom stereocenters. The fraction of sp³-hybridized carbons (Fsp3) is 0.792. The van der Waals surface area contributed by atoms with E-state index < -0.39 is 32.6 Å². The molecular weight excluding hydrogens is 428 g/mol. The first-order valence-corrected chi connectivity index (χ1v) is 14.2. The zero-order chi connectivity index (χ0) is 24.8. The average molecular weight is 475 g/mol. The predicted octanol–water partition coefficient (Wildman–Crippen LogP) is 5.22. The van der Waals surface area contributed by atoms with Crippen LogP contribution in [0.4, 0.5) is 0 Å². The quantitative estimate of drug-likeness (QED) is 0.0886. The van der Waals surface area contributed by atoms with E-state index in [2.05, 4.69) is 53.9 Å². The van der Waals surface area contributed by atoms with Crippen LogP contribution in [0, 0.1) is 0 Å². The molecule has 0 N–H and O–H groups in total. The Morgan fingerprint density at radius 2 is 1.59 bits per heavy atom. The maximum Gasteiger partial charge on any atom is 0.330 e. The van der Waals surface area contributed by atoms with E-state index in [0.29, 0.717) is 6.42 Å². The topological polar surface area (TPSA) is 72.5 Å². The second kappa shape index (κ2) is 15.7. The number of unbranched alkanes of at least 4 members (excludes halogenated alkanes) is 1. The molecule has 8 heteroatoms. The number of esters is 1. The van der Waals surface area contributed by atoms with Crippen LogP contribution in [0.15, 0.2) is 25.3 Å². The van der Waals surface area contributed by atoms with Gasteiger partial charge in [-0.15, -0.1) is 6.58 Å². The van der Waals surface area contributed by atoms with E-state index in [0.717, 1.165) is 25.3 Å². The molecule has 0 rings (SSSR count). The Hall–Kier alpha value is -1.03. The van der Waals surface area contributed by atoms with Gasteiger partial charge in [0.05, 0.1) is 6.10 Å². The second-order valence-corrected chi connectivity index (χ2v) is 14.1. The number of hydrogen-bond donors (Lipinski definition) is 0. The molecule has 0 amide bonds. The summed E-state index contributed by atoms with van der Waals surface area (Å²) < 4.78 is 35.2. The molecule has 0 aliphatic rings. The summed E-state index contributed by atoms with van der Waals surface area (Å²) in [6.45, 7) is 20.5. The highest BCUT2D eigenvalue weighted by molar-refractivity contribution is 6.74. The van der Waals surface area contributed by atoms with Crippen molar-refractivity contribution >= 4 is 14.3 Å². The molecule has 0 heterocycles. The average Bonchev–Trinajstić information content (AvgIpc) is 2.72. The highest BCUT2D eigenvalue weighted by Gasteiger charge is 2.46. The van der Waals surface area contributed by atoms with Crippen molar-refractivity contribution < 1.29 is 32.9 Å². The van der Waals surface area contributed by atoms with Crippen molar-refractivity contribution in [3.8, 4) is 0 Å². The van der Waals surface area contributed by atoms with Gasteiger partial charge in [-0.25, -0.2) is 4.79 Å². The molecule has 0 saturated heterocycles. The van der Waals surface area contributed by atoms with Crippen LogP contribution in [-0.2, 0) is 32.9 Å². The summed E-state index contributed by atoms with van der Waals surface area (Å²) in [5.41, 5.74) is 0. The monoisotopic (exact) mass is 474 g/mol. The molecule has 32 heavy (non-hydrogen) atoms. The first-order chi connectivity index (χ1) is 15.0. The zero-order valence-electron chi connectivity index (χ0n) is 21.5. The van der Waals surface area contributed by atoms with Gasteiger partial charge in [0.1, 0.15) is 31.9 Å². The van der Waals surface area contributed by atoms with Gasteiger partial charge in [-0.2, -0.15) is 0 Å².